The molecule has 34 heavy (non-hydrogen) atoms. The molecule has 1 fully saturated rings. The third-order valence-corrected chi connectivity index (χ3v) is 6.13. The Morgan fingerprint density at radius 3 is 2.59 bits per heavy atom. The second kappa shape index (κ2) is 8.55. The molecule has 1 aliphatic carbocycles. The SMILES string of the molecule is O=C(Nc1c(-c2cc(F)ccc2F)ccnc1C1CCC(F)(F)CC1)c1onc2ccccc12. The van der Waals surface area contributed by atoms with Crippen molar-refractivity contribution in [2.45, 2.75) is 37.5 Å². The smallest absolute Gasteiger partial charge is 0.294 e. The highest BCUT2D eigenvalue weighted by atomic mass is 19.3. The van der Waals surface area contributed by atoms with E-state index in [-0.39, 0.29) is 48.3 Å². The van der Waals surface area contributed by atoms with Gasteiger partial charge in [-0.05, 0) is 49.2 Å². The van der Waals surface area contributed by atoms with Gasteiger partial charge in [0.25, 0.3) is 5.91 Å². The topological polar surface area (TPSA) is 68.0 Å². The predicted molar refractivity (Wildman–Crippen MR) is 118 cm³/mol. The second-order valence-corrected chi connectivity index (χ2v) is 8.36. The zero-order valence-electron chi connectivity index (χ0n) is 17.8. The zero-order valence-corrected chi connectivity index (χ0v) is 17.8. The second-order valence-electron chi connectivity index (χ2n) is 8.36. The molecule has 2 heterocycles. The number of carbonyl (C=O) groups is 1. The van der Waals surface area contributed by atoms with E-state index >= 15 is 0 Å². The average Bonchev–Trinajstić information content (AvgIpc) is 3.25. The first-order valence-corrected chi connectivity index (χ1v) is 10.8. The fraction of sp³-hybridized carbons (Fsp3) is 0.240. The van der Waals surface area contributed by atoms with Crippen LogP contribution in [-0.2, 0) is 0 Å². The molecule has 1 amide bonds. The molecule has 0 radical (unpaired) electrons. The summed E-state index contributed by atoms with van der Waals surface area (Å²) in [6.07, 6.45) is 1.05. The number of nitrogens with one attached hydrogen (secondary N) is 1. The molecule has 4 aromatic rings. The molecule has 5 rings (SSSR count). The maximum atomic E-state index is 14.7. The molecule has 0 aliphatic heterocycles. The summed E-state index contributed by atoms with van der Waals surface area (Å²) >= 11 is 0. The summed E-state index contributed by atoms with van der Waals surface area (Å²) < 4.78 is 61.5. The Morgan fingerprint density at radius 1 is 1.03 bits per heavy atom. The molecule has 0 saturated heterocycles. The molecule has 0 unspecified atom stereocenters. The fourth-order valence-corrected chi connectivity index (χ4v) is 4.38. The van der Waals surface area contributed by atoms with Gasteiger partial charge in [0.2, 0.25) is 11.7 Å². The van der Waals surface area contributed by atoms with Gasteiger partial charge in [-0.1, -0.05) is 17.3 Å². The molecule has 174 valence electrons. The van der Waals surface area contributed by atoms with E-state index in [0.717, 1.165) is 18.2 Å². The van der Waals surface area contributed by atoms with E-state index < -0.39 is 29.4 Å². The van der Waals surface area contributed by atoms with Crippen LogP contribution in [0.25, 0.3) is 22.0 Å². The highest BCUT2D eigenvalue weighted by molar-refractivity contribution is 6.11. The normalized spacial score (nSPS) is 16.0. The van der Waals surface area contributed by atoms with Gasteiger partial charge in [-0.2, -0.15) is 0 Å². The summed E-state index contributed by atoms with van der Waals surface area (Å²) in [5.41, 5.74) is 1.06. The molecule has 2 aromatic heterocycles. The maximum Gasteiger partial charge on any atom is 0.294 e. The quantitative estimate of drug-likeness (QED) is 0.337. The van der Waals surface area contributed by atoms with Crippen LogP contribution in [0.3, 0.4) is 0 Å². The Kier molecular flexibility index (Phi) is 5.55. The van der Waals surface area contributed by atoms with Crippen LogP contribution in [-0.4, -0.2) is 22.0 Å². The van der Waals surface area contributed by atoms with Crippen molar-refractivity contribution in [1.82, 2.24) is 10.1 Å². The Morgan fingerprint density at radius 2 is 1.79 bits per heavy atom. The summed E-state index contributed by atoms with van der Waals surface area (Å²) in [5.74, 6) is -5.24. The van der Waals surface area contributed by atoms with Crippen LogP contribution in [0.2, 0.25) is 0 Å². The molecule has 0 spiro atoms. The van der Waals surface area contributed by atoms with Crippen LogP contribution < -0.4 is 5.32 Å². The van der Waals surface area contributed by atoms with E-state index in [1.54, 1.807) is 24.3 Å². The summed E-state index contributed by atoms with van der Waals surface area (Å²) in [4.78, 5) is 17.6. The van der Waals surface area contributed by atoms with E-state index in [0.29, 0.717) is 16.6 Å². The van der Waals surface area contributed by atoms with Crippen molar-refractivity contribution in [3.8, 4) is 11.1 Å². The van der Waals surface area contributed by atoms with Gasteiger partial charge < -0.3 is 9.84 Å². The van der Waals surface area contributed by atoms with E-state index in [1.165, 1.54) is 12.3 Å². The summed E-state index contributed by atoms with van der Waals surface area (Å²) in [5, 5.41) is 7.07. The van der Waals surface area contributed by atoms with Crippen LogP contribution in [0.15, 0.2) is 59.3 Å². The summed E-state index contributed by atoms with van der Waals surface area (Å²) in [7, 11) is 0. The van der Waals surface area contributed by atoms with Gasteiger partial charge in [-0.3, -0.25) is 9.78 Å². The van der Waals surface area contributed by atoms with Crippen molar-refractivity contribution in [2.24, 2.45) is 0 Å². The van der Waals surface area contributed by atoms with Crippen LogP contribution in [0.1, 0.15) is 47.8 Å². The minimum absolute atomic E-state index is 0.0637. The number of amides is 1. The lowest BCUT2D eigenvalue weighted by molar-refractivity contribution is -0.0384. The molecular weight excluding hydrogens is 450 g/mol. The number of nitrogens with zero attached hydrogens (tertiary/aromatic N) is 2. The van der Waals surface area contributed by atoms with Gasteiger partial charge in [-0.15, -0.1) is 0 Å². The third-order valence-electron chi connectivity index (χ3n) is 6.13. The van der Waals surface area contributed by atoms with Gasteiger partial charge in [-0.25, -0.2) is 17.6 Å². The van der Waals surface area contributed by atoms with E-state index in [4.69, 9.17) is 4.52 Å². The number of fused-ring (bicyclic) bond motifs is 1. The van der Waals surface area contributed by atoms with Crippen LogP contribution in [0.4, 0.5) is 23.2 Å². The van der Waals surface area contributed by atoms with E-state index in [9.17, 15) is 22.4 Å². The van der Waals surface area contributed by atoms with E-state index in [2.05, 4.69) is 15.5 Å². The standard InChI is InChI=1S/C25H19F4N3O2/c26-15-5-6-19(27)18(13-15)16-9-12-30-21(14-7-10-25(28,29)11-8-14)22(16)31-24(33)23-17-3-1-2-4-20(17)32-34-23/h1-6,9,12-14H,7-8,10-11H2,(H,31,33). The number of hydrogen-bond donors (Lipinski definition) is 1. The lowest BCUT2D eigenvalue weighted by Gasteiger charge is -2.29. The van der Waals surface area contributed by atoms with Gasteiger partial charge in [0.05, 0.1) is 16.8 Å². The van der Waals surface area contributed by atoms with Crippen molar-refractivity contribution >= 4 is 22.5 Å². The number of benzene rings is 2. The Bertz CT molecular complexity index is 1380. The Hall–Kier alpha value is -3.75. The van der Waals surface area contributed by atoms with Crippen LogP contribution >= 0.6 is 0 Å². The largest absolute Gasteiger partial charge is 0.350 e. The predicted octanol–water partition coefficient (Wildman–Crippen LogP) is 6.71. The summed E-state index contributed by atoms with van der Waals surface area (Å²) in [6.45, 7) is 0. The zero-order chi connectivity index (χ0) is 23.9. The number of hydrogen-bond acceptors (Lipinski definition) is 4. The Balaban J connectivity index is 1.60. The molecule has 0 bridgehead atoms. The van der Waals surface area contributed by atoms with Gasteiger partial charge in [0.15, 0.2) is 0 Å². The first-order chi connectivity index (χ1) is 16.3. The molecule has 1 N–H and O–H groups in total. The van der Waals surface area contributed by atoms with Crippen molar-refractivity contribution in [3.63, 3.8) is 0 Å². The van der Waals surface area contributed by atoms with Crippen LogP contribution in [0.5, 0.6) is 0 Å². The minimum atomic E-state index is -2.76. The monoisotopic (exact) mass is 469 g/mol. The molecule has 1 saturated carbocycles. The van der Waals surface area contributed by atoms with Crippen molar-refractivity contribution in [1.29, 1.82) is 0 Å². The lowest BCUT2D eigenvalue weighted by Crippen LogP contribution is -2.25. The lowest BCUT2D eigenvalue weighted by atomic mass is 9.83. The summed E-state index contributed by atoms with van der Waals surface area (Å²) in [6, 6.07) is 11.3. The first kappa shape index (κ1) is 22.1. The van der Waals surface area contributed by atoms with Gasteiger partial charge in [0.1, 0.15) is 17.2 Å². The number of carbonyl (C=O) groups excluding carboxylic acids is 1. The molecule has 9 heteroatoms. The average molecular weight is 469 g/mol. The first-order valence-electron chi connectivity index (χ1n) is 10.8. The highest BCUT2D eigenvalue weighted by Crippen LogP contribution is 2.44. The minimum Gasteiger partial charge on any atom is -0.350 e. The number of pyridine rings is 1. The van der Waals surface area contributed by atoms with Gasteiger partial charge >= 0.3 is 0 Å². The van der Waals surface area contributed by atoms with Crippen molar-refractivity contribution < 1.29 is 26.9 Å². The third kappa shape index (κ3) is 4.13. The molecule has 0 atom stereocenters. The van der Waals surface area contributed by atoms with Crippen molar-refractivity contribution in [2.75, 3.05) is 5.32 Å². The van der Waals surface area contributed by atoms with Crippen molar-refractivity contribution in [3.05, 3.63) is 77.8 Å². The molecule has 1 aliphatic rings. The number of aromatic nitrogens is 2. The number of anilines is 1. The van der Waals surface area contributed by atoms with E-state index in [1.807, 2.05) is 0 Å². The fourth-order valence-electron chi connectivity index (χ4n) is 4.38. The molecule has 2 aromatic carbocycles. The van der Waals surface area contributed by atoms with Gasteiger partial charge in [0, 0.05) is 36.1 Å². The highest BCUT2D eigenvalue weighted by Gasteiger charge is 2.37. The maximum absolute atomic E-state index is 14.7. The molecule has 5 nitrogen and oxygen atoms in total. The number of alkyl halides is 2. The number of rotatable bonds is 4. The Labute approximate surface area is 191 Å². The van der Waals surface area contributed by atoms with Crippen LogP contribution in [0, 0.1) is 11.6 Å². The number of halogens is 4. The molecular formula is C25H19F4N3O2.